The third kappa shape index (κ3) is 7.31. The molecular formula is C21H31BrN2OS. The van der Waals surface area contributed by atoms with Crippen molar-refractivity contribution in [1.29, 1.82) is 0 Å². The molecule has 0 spiro atoms. The number of nitrogens with zero attached hydrogens (tertiary/aromatic N) is 1. The first-order valence-electron chi connectivity index (χ1n) is 8.95. The Morgan fingerprint density at radius 1 is 1.00 bits per heavy atom. The number of aliphatic hydroxyl groups is 1. The van der Waals surface area contributed by atoms with Crippen LogP contribution in [0.2, 0.25) is 0 Å². The molecule has 2 aromatic carbocycles. The normalized spacial score (nSPS) is 13.7. The zero-order chi connectivity index (χ0) is 18.2. The van der Waals surface area contributed by atoms with Gasteiger partial charge in [0.25, 0.3) is 0 Å². The van der Waals surface area contributed by atoms with Crippen molar-refractivity contribution in [2.24, 2.45) is 0 Å². The van der Waals surface area contributed by atoms with Crippen LogP contribution in [0.1, 0.15) is 25.0 Å². The molecule has 5 heteroatoms. The molecule has 0 unspecified atom stereocenters. The van der Waals surface area contributed by atoms with E-state index in [1.807, 2.05) is 11.8 Å². The van der Waals surface area contributed by atoms with Crippen molar-refractivity contribution in [2.75, 3.05) is 31.1 Å². The summed E-state index contributed by atoms with van der Waals surface area (Å²) >= 11 is 1.88. The van der Waals surface area contributed by atoms with E-state index in [0.717, 1.165) is 26.2 Å². The Kier molecular flexibility index (Phi) is 10.3. The van der Waals surface area contributed by atoms with Gasteiger partial charge in [0.1, 0.15) is 0 Å². The minimum atomic E-state index is -0.167. The summed E-state index contributed by atoms with van der Waals surface area (Å²) in [7, 11) is 0. The van der Waals surface area contributed by atoms with Gasteiger partial charge in [-0.2, -0.15) is 0 Å². The fourth-order valence-corrected chi connectivity index (χ4v) is 3.78. The third-order valence-corrected chi connectivity index (χ3v) is 5.12. The number of benzene rings is 2. The summed E-state index contributed by atoms with van der Waals surface area (Å²) in [5.74, 6) is 0. The van der Waals surface area contributed by atoms with Crippen LogP contribution in [0.25, 0.3) is 0 Å². The van der Waals surface area contributed by atoms with E-state index >= 15 is 0 Å². The van der Waals surface area contributed by atoms with Gasteiger partial charge in [0.15, 0.2) is 0 Å². The van der Waals surface area contributed by atoms with Crippen molar-refractivity contribution in [3.63, 3.8) is 0 Å². The highest BCUT2D eigenvalue weighted by Crippen LogP contribution is 2.37. The lowest BCUT2D eigenvalue weighted by molar-refractivity contribution is 0.216. The van der Waals surface area contributed by atoms with Crippen molar-refractivity contribution in [1.82, 2.24) is 5.32 Å². The summed E-state index contributed by atoms with van der Waals surface area (Å²) in [5.41, 5.74) is 4.05. The Hall–Kier alpha value is -1.01. The maximum atomic E-state index is 8.06. The molecule has 0 atom stereocenters. The molecular weight excluding hydrogens is 408 g/mol. The molecule has 2 aromatic rings. The molecule has 3 rings (SSSR count). The lowest BCUT2D eigenvalue weighted by Gasteiger charge is -2.31. The SMILES string of the molecule is Br.CC(C)O.Cc1ccc(Sc2ccccc2N2CCNCC2)c(C)c1. The van der Waals surface area contributed by atoms with Gasteiger partial charge in [0, 0.05) is 42.1 Å². The molecule has 2 N–H and O–H groups in total. The number of hydrogen-bond acceptors (Lipinski definition) is 4. The second-order valence-corrected chi connectivity index (χ2v) is 7.75. The highest BCUT2D eigenvalue weighted by molar-refractivity contribution is 8.93. The van der Waals surface area contributed by atoms with Crippen LogP contribution < -0.4 is 10.2 Å². The summed E-state index contributed by atoms with van der Waals surface area (Å²) in [4.78, 5) is 5.19. The number of aryl methyl sites for hydroxylation is 2. The standard InChI is InChI=1S/C18H22N2S.C3H8O.BrH/c1-14-7-8-17(15(2)13-14)21-18-6-4-3-5-16(18)20-11-9-19-10-12-20;1-3(2)4;/h3-8,13,19H,9-12H2,1-2H3;3-4H,1-2H3;1H. The maximum Gasteiger partial charge on any atom is 0.0508 e. The smallest absolute Gasteiger partial charge is 0.0508 e. The molecule has 1 aliphatic heterocycles. The van der Waals surface area contributed by atoms with Crippen LogP contribution >= 0.6 is 28.7 Å². The average Bonchev–Trinajstić information content (AvgIpc) is 2.58. The molecule has 144 valence electrons. The Morgan fingerprint density at radius 3 is 2.23 bits per heavy atom. The number of rotatable bonds is 3. The number of aliphatic hydroxyl groups excluding tert-OH is 1. The molecule has 0 radical (unpaired) electrons. The number of para-hydroxylation sites is 1. The molecule has 1 heterocycles. The van der Waals surface area contributed by atoms with E-state index < -0.39 is 0 Å². The summed E-state index contributed by atoms with van der Waals surface area (Å²) in [5, 5.41) is 11.5. The second-order valence-electron chi connectivity index (χ2n) is 6.67. The van der Waals surface area contributed by atoms with E-state index in [-0.39, 0.29) is 23.1 Å². The number of halogens is 1. The van der Waals surface area contributed by atoms with Crippen LogP contribution in [-0.4, -0.2) is 37.4 Å². The summed E-state index contributed by atoms with van der Waals surface area (Å²) < 4.78 is 0. The molecule has 0 bridgehead atoms. The predicted molar refractivity (Wildman–Crippen MR) is 119 cm³/mol. The van der Waals surface area contributed by atoms with Crippen LogP contribution in [0, 0.1) is 13.8 Å². The fourth-order valence-electron chi connectivity index (χ4n) is 2.74. The van der Waals surface area contributed by atoms with Gasteiger partial charge in [0.05, 0.1) is 5.69 Å². The highest BCUT2D eigenvalue weighted by atomic mass is 79.9. The lowest BCUT2D eigenvalue weighted by atomic mass is 10.2. The summed E-state index contributed by atoms with van der Waals surface area (Å²) in [6, 6.07) is 15.5. The maximum absolute atomic E-state index is 8.06. The quantitative estimate of drug-likeness (QED) is 0.718. The third-order valence-electron chi connectivity index (χ3n) is 3.87. The van der Waals surface area contributed by atoms with E-state index in [2.05, 4.69) is 66.5 Å². The number of piperazine rings is 1. The Bertz CT molecular complexity index is 670. The van der Waals surface area contributed by atoms with Gasteiger partial charge in [-0.25, -0.2) is 0 Å². The average molecular weight is 439 g/mol. The Labute approximate surface area is 173 Å². The van der Waals surface area contributed by atoms with Crippen LogP contribution in [0.4, 0.5) is 5.69 Å². The van der Waals surface area contributed by atoms with Gasteiger partial charge >= 0.3 is 0 Å². The first-order chi connectivity index (χ1) is 12.0. The van der Waals surface area contributed by atoms with Crippen molar-refractivity contribution < 1.29 is 5.11 Å². The van der Waals surface area contributed by atoms with Gasteiger partial charge in [-0.3, -0.25) is 0 Å². The molecule has 3 nitrogen and oxygen atoms in total. The zero-order valence-electron chi connectivity index (χ0n) is 16.2. The summed E-state index contributed by atoms with van der Waals surface area (Å²) in [6.07, 6.45) is -0.167. The molecule has 0 aromatic heterocycles. The van der Waals surface area contributed by atoms with Gasteiger partial charge in [0.2, 0.25) is 0 Å². The van der Waals surface area contributed by atoms with E-state index in [1.165, 1.54) is 26.6 Å². The number of anilines is 1. The van der Waals surface area contributed by atoms with E-state index in [1.54, 1.807) is 13.8 Å². The van der Waals surface area contributed by atoms with E-state index in [9.17, 15) is 0 Å². The van der Waals surface area contributed by atoms with Crippen LogP contribution in [0.5, 0.6) is 0 Å². The fraction of sp³-hybridized carbons (Fsp3) is 0.429. The Balaban J connectivity index is 0.000000616. The summed E-state index contributed by atoms with van der Waals surface area (Å²) in [6.45, 7) is 12.1. The Morgan fingerprint density at radius 2 is 1.62 bits per heavy atom. The van der Waals surface area contributed by atoms with Crippen LogP contribution in [-0.2, 0) is 0 Å². The first-order valence-corrected chi connectivity index (χ1v) is 9.77. The van der Waals surface area contributed by atoms with Gasteiger partial charge in [-0.1, -0.05) is 41.6 Å². The van der Waals surface area contributed by atoms with Crippen molar-refractivity contribution in [3.05, 3.63) is 53.6 Å². The highest BCUT2D eigenvalue weighted by Gasteiger charge is 2.14. The van der Waals surface area contributed by atoms with Crippen LogP contribution in [0.3, 0.4) is 0 Å². The number of nitrogens with one attached hydrogen (secondary N) is 1. The minimum Gasteiger partial charge on any atom is -0.394 e. The lowest BCUT2D eigenvalue weighted by Crippen LogP contribution is -2.43. The van der Waals surface area contributed by atoms with Crippen molar-refractivity contribution in [2.45, 2.75) is 43.6 Å². The van der Waals surface area contributed by atoms with E-state index in [4.69, 9.17) is 5.11 Å². The molecule has 0 aliphatic carbocycles. The molecule has 0 amide bonds. The van der Waals surface area contributed by atoms with Crippen molar-refractivity contribution >= 4 is 34.4 Å². The zero-order valence-corrected chi connectivity index (χ0v) is 18.7. The van der Waals surface area contributed by atoms with E-state index in [0.29, 0.717) is 0 Å². The molecule has 1 fully saturated rings. The van der Waals surface area contributed by atoms with Crippen molar-refractivity contribution in [3.8, 4) is 0 Å². The van der Waals surface area contributed by atoms with Gasteiger partial charge in [-0.05, 0) is 51.5 Å². The van der Waals surface area contributed by atoms with Gasteiger partial charge < -0.3 is 15.3 Å². The van der Waals surface area contributed by atoms with Crippen LogP contribution in [0.15, 0.2) is 52.3 Å². The predicted octanol–water partition coefficient (Wildman–Crippen LogP) is 4.83. The minimum absolute atomic E-state index is 0. The second kappa shape index (κ2) is 11.7. The van der Waals surface area contributed by atoms with Gasteiger partial charge in [-0.15, -0.1) is 17.0 Å². The monoisotopic (exact) mass is 438 g/mol. The molecule has 1 aliphatic rings. The molecule has 0 saturated carbocycles. The number of hydrogen-bond donors (Lipinski definition) is 2. The molecule has 1 saturated heterocycles. The first kappa shape index (κ1) is 23.0. The topological polar surface area (TPSA) is 35.5 Å². The molecule has 26 heavy (non-hydrogen) atoms. The largest absolute Gasteiger partial charge is 0.394 e.